The summed E-state index contributed by atoms with van der Waals surface area (Å²) in [7, 11) is 7.68. The third-order valence-electron chi connectivity index (χ3n) is 4.60. The van der Waals surface area contributed by atoms with Gasteiger partial charge in [-0.3, -0.25) is 0 Å². The van der Waals surface area contributed by atoms with Crippen LogP contribution in [0.4, 0.5) is 0 Å². The van der Waals surface area contributed by atoms with Crippen molar-refractivity contribution in [1.29, 1.82) is 0 Å². The van der Waals surface area contributed by atoms with Crippen LogP contribution in [0.5, 0.6) is 28.7 Å². The summed E-state index contributed by atoms with van der Waals surface area (Å²) in [6, 6.07) is 8.69. The van der Waals surface area contributed by atoms with Gasteiger partial charge in [0, 0.05) is 11.1 Å². The molecule has 0 amide bonds. The zero-order chi connectivity index (χ0) is 22.7. The van der Waals surface area contributed by atoms with Gasteiger partial charge >= 0.3 is 11.8 Å². The summed E-state index contributed by atoms with van der Waals surface area (Å²) in [5, 5.41) is 7.99. The highest BCUT2D eigenvalue weighted by atomic mass is 16.5. The summed E-state index contributed by atoms with van der Waals surface area (Å²) in [5.41, 5.74) is 1.26. The SMILES string of the molecule is COc1ccc(-c2noc(-c3nc(-c4cc(OC)c(OC)c(OC)c4)no3)n2)cc1OC. The van der Waals surface area contributed by atoms with Gasteiger partial charge in [-0.25, -0.2) is 0 Å². The van der Waals surface area contributed by atoms with Crippen molar-refractivity contribution in [3.63, 3.8) is 0 Å². The van der Waals surface area contributed by atoms with Crippen LogP contribution in [-0.2, 0) is 0 Å². The molecule has 4 aromatic rings. The van der Waals surface area contributed by atoms with Crippen molar-refractivity contribution in [2.24, 2.45) is 0 Å². The minimum Gasteiger partial charge on any atom is -0.493 e. The third-order valence-corrected chi connectivity index (χ3v) is 4.60. The Balaban J connectivity index is 1.65. The Morgan fingerprint density at radius 2 is 1.06 bits per heavy atom. The van der Waals surface area contributed by atoms with Crippen LogP contribution in [0.2, 0.25) is 0 Å². The van der Waals surface area contributed by atoms with Gasteiger partial charge < -0.3 is 32.7 Å². The van der Waals surface area contributed by atoms with Gasteiger partial charge in [0.25, 0.3) is 0 Å². The van der Waals surface area contributed by atoms with E-state index in [1.54, 1.807) is 44.6 Å². The van der Waals surface area contributed by atoms with Gasteiger partial charge in [0.05, 0.1) is 35.5 Å². The molecular formula is C21H20N4O7. The molecule has 166 valence electrons. The predicted octanol–water partition coefficient (Wildman–Crippen LogP) is 3.50. The van der Waals surface area contributed by atoms with Crippen LogP contribution in [0.1, 0.15) is 0 Å². The van der Waals surface area contributed by atoms with Crippen molar-refractivity contribution < 1.29 is 32.7 Å². The molecule has 0 aliphatic carbocycles. The number of aromatic nitrogens is 4. The van der Waals surface area contributed by atoms with E-state index in [2.05, 4.69) is 20.3 Å². The van der Waals surface area contributed by atoms with E-state index in [1.807, 2.05) is 0 Å². The Labute approximate surface area is 182 Å². The molecule has 0 aliphatic rings. The molecule has 0 spiro atoms. The fraction of sp³-hybridized carbons (Fsp3) is 0.238. The lowest BCUT2D eigenvalue weighted by Gasteiger charge is -2.12. The van der Waals surface area contributed by atoms with E-state index in [1.165, 1.54) is 21.3 Å². The first kappa shape index (κ1) is 21.0. The summed E-state index contributed by atoms with van der Waals surface area (Å²) in [5.74, 6) is 3.25. The summed E-state index contributed by atoms with van der Waals surface area (Å²) < 4.78 is 37.3. The molecule has 0 aliphatic heterocycles. The third kappa shape index (κ3) is 3.75. The Morgan fingerprint density at radius 3 is 1.56 bits per heavy atom. The normalized spacial score (nSPS) is 10.7. The average molecular weight is 440 g/mol. The first-order chi connectivity index (χ1) is 15.6. The van der Waals surface area contributed by atoms with E-state index in [-0.39, 0.29) is 17.6 Å². The lowest BCUT2D eigenvalue weighted by atomic mass is 10.1. The number of hydrogen-bond donors (Lipinski definition) is 0. The molecule has 0 N–H and O–H groups in total. The van der Waals surface area contributed by atoms with Crippen molar-refractivity contribution >= 4 is 0 Å². The second-order valence-electron chi connectivity index (χ2n) is 6.33. The molecule has 0 saturated carbocycles. The molecule has 0 radical (unpaired) electrons. The Kier molecular flexibility index (Phi) is 5.79. The maximum Gasteiger partial charge on any atom is 0.316 e. The number of rotatable bonds is 8. The molecule has 0 fully saturated rings. The second kappa shape index (κ2) is 8.84. The standard InChI is InChI=1S/C21H20N4O7/c1-26-13-7-6-11(8-14(13)27-2)18-22-20(31-24-18)21-23-19(25-32-21)12-9-15(28-3)17(30-5)16(10-12)29-4/h6-10H,1-5H3. The number of nitrogens with zero attached hydrogens (tertiary/aromatic N) is 4. The van der Waals surface area contributed by atoms with Crippen molar-refractivity contribution in [3.8, 4) is 63.3 Å². The molecule has 32 heavy (non-hydrogen) atoms. The lowest BCUT2D eigenvalue weighted by molar-refractivity contribution is 0.324. The highest BCUT2D eigenvalue weighted by molar-refractivity contribution is 5.67. The molecule has 2 heterocycles. The van der Waals surface area contributed by atoms with Gasteiger partial charge in [-0.2, -0.15) is 9.97 Å². The monoisotopic (exact) mass is 440 g/mol. The van der Waals surface area contributed by atoms with E-state index in [4.69, 9.17) is 32.7 Å². The average Bonchev–Trinajstić information content (AvgIpc) is 3.52. The van der Waals surface area contributed by atoms with Crippen LogP contribution in [0.3, 0.4) is 0 Å². The van der Waals surface area contributed by atoms with Crippen molar-refractivity contribution in [3.05, 3.63) is 30.3 Å². The van der Waals surface area contributed by atoms with Gasteiger partial charge in [0.15, 0.2) is 23.0 Å². The van der Waals surface area contributed by atoms with Crippen LogP contribution in [-0.4, -0.2) is 55.8 Å². The van der Waals surface area contributed by atoms with E-state index in [9.17, 15) is 0 Å². The van der Waals surface area contributed by atoms with Gasteiger partial charge in [0.2, 0.25) is 17.4 Å². The quantitative estimate of drug-likeness (QED) is 0.400. The molecule has 2 aromatic carbocycles. The van der Waals surface area contributed by atoms with E-state index in [0.717, 1.165) is 0 Å². The molecule has 4 rings (SSSR count). The van der Waals surface area contributed by atoms with Gasteiger partial charge in [-0.05, 0) is 30.3 Å². The molecule has 0 atom stereocenters. The topological polar surface area (TPSA) is 124 Å². The summed E-state index contributed by atoms with van der Waals surface area (Å²) in [6.45, 7) is 0. The van der Waals surface area contributed by atoms with E-state index in [0.29, 0.717) is 45.7 Å². The number of methoxy groups -OCH3 is 5. The fourth-order valence-corrected chi connectivity index (χ4v) is 3.04. The van der Waals surface area contributed by atoms with Crippen LogP contribution >= 0.6 is 0 Å². The summed E-state index contributed by atoms with van der Waals surface area (Å²) in [4.78, 5) is 8.70. The molecule has 2 aromatic heterocycles. The Morgan fingerprint density at radius 1 is 0.562 bits per heavy atom. The number of ether oxygens (including phenoxy) is 5. The van der Waals surface area contributed by atoms with Gasteiger partial charge in [-0.15, -0.1) is 0 Å². The van der Waals surface area contributed by atoms with Gasteiger partial charge in [-0.1, -0.05) is 10.3 Å². The maximum absolute atomic E-state index is 5.37. The largest absolute Gasteiger partial charge is 0.493 e. The van der Waals surface area contributed by atoms with E-state index >= 15 is 0 Å². The van der Waals surface area contributed by atoms with Crippen LogP contribution < -0.4 is 23.7 Å². The highest BCUT2D eigenvalue weighted by Crippen LogP contribution is 2.41. The molecule has 0 saturated heterocycles. The summed E-state index contributed by atoms with van der Waals surface area (Å²) in [6.07, 6.45) is 0. The molecule has 11 heteroatoms. The zero-order valence-corrected chi connectivity index (χ0v) is 18.0. The van der Waals surface area contributed by atoms with Crippen molar-refractivity contribution in [1.82, 2.24) is 20.3 Å². The van der Waals surface area contributed by atoms with E-state index < -0.39 is 0 Å². The second-order valence-corrected chi connectivity index (χ2v) is 6.33. The molecule has 11 nitrogen and oxygen atoms in total. The maximum atomic E-state index is 5.37. The Bertz CT molecular complexity index is 1210. The van der Waals surface area contributed by atoms with Crippen molar-refractivity contribution in [2.75, 3.05) is 35.5 Å². The van der Waals surface area contributed by atoms with Crippen molar-refractivity contribution in [2.45, 2.75) is 0 Å². The van der Waals surface area contributed by atoms with Crippen LogP contribution in [0.25, 0.3) is 34.6 Å². The minimum atomic E-state index is 0.0629. The first-order valence-corrected chi connectivity index (χ1v) is 9.32. The Hall–Kier alpha value is -4.28. The fourth-order valence-electron chi connectivity index (χ4n) is 3.04. The molecule has 0 unspecified atom stereocenters. The summed E-state index contributed by atoms with van der Waals surface area (Å²) >= 11 is 0. The van der Waals surface area contributed by atoms with Gasteiger partial charge in [0.1, 0.15) is 0 Å². The number of hydrogen-bond acceptors (Lipinski definition) is 11. The number of benzene rings is 2. The smallest absolute Gasteiger partial charge is 0.316 e. The van der Waals surface area contributed by atoms with Crippen LogP contribution in [0.15, 0.2) is 39.4 Å². The zero-order valence-electron chi connectivity index (χ0n) is 18.0. The lowest BCUT2D eigenvalue weighted by Crippen LogP contribution is -1.96. The highest BCUT2D eigenvalue weighted by Gasteiger charge is 2.21. The first-order valence-electron chi connectivity index (χ1n) is 9.32. The molecular weight excluding hydrogens is 420 g/mol. The minimum absolute atomic E-state index is 0.0629. The van der Waals surface area contributed by atoms with Crippen LogP contribution in [0, 0.1) is 0 Å². The predicted molar refractivity (Wildman–Crippen MR) is 111 cm³/mol. The molecule has 0 bridgehead atoms.